The Labute approximate surface area is 129 Å². The van der Waals surface area contributed by atoms with Gasteiger partial charge in [-0.3, -0.25) is 0 Å². The normalized spacial score (nSPS) is 23.1. The number of halogens is 1. The molecule has 2 atom stereocenters. The van der Waals surface area contributed by atoms with Gasteiger partial charge in [0.2, 0.25) is 0 Å². The van der Waals surface area contributed by atoms with Gasteiger partial charge in [0.15, 0.2) is 0 Å². The molecule has 1 heterocycles. The van der Waals surface area contributed by atoms with Crippen molar-refractivity contribution >= 4 is 17.7 Å². The fourth-order valence-electron chi connectivity index (χ4n) is 2.42. The molecule has 6 heteroatoms. The fraction of sp³-hybridized carbons (Fsp3) is 0.533. The molecule has 0 unspecified atom stereocenters. The number of morpholine rings is 1. The molecule has 0 aliphatic carbocycles. The lowest BCUT2D eigenvalue weighted by atomic mass is 9.97. The second kappa shape index (κ2) is 6.22. The third-order valence-corrected chi connectivity index (χ3v) is 3.96. The van der Waals surface area contributed by atoms with Crippen LogP contribution in [0.4, 0.5) is 4.79 Å². The molecular weight excluding hydrogens is 294 g/mol. The number of carbonyl (C=O) groups is 1. The van der Waals surface area contributed by atoms with Crippen molar-refractivity contribution in [3.8, 4) is 0 Å². The van der Waals surface area contributed by atoms with Crippen LogP contribution in [0.1, 0.15) is 19.4 Å². The standard InChI is InChI=1S/C15H20ClNO4/c1-15(2,20)13-8-17(14(18)19)12(9-21-13)7-10-3-5-11(16)6-4-10/h3-6,12-13,20H,7-9H2,1-2H3,(H,18,19)/t12-,13+/m0/s1. The molecule has 5 nitrogen and oxygen atoms in total. The minimum atomic E-state index is -1.07. The number of benzene rings is 1. The third-order valence-electron chi connectivity index (χ3n) is 3.71. The topological polar surface area (TPSA) is 70.0 Å². The molecule has 2 rings (SSSR count). The summed E-state index contributed by atoms with van der Waals surface area (Å²) in [5, 5.41) is 20.0. The zero-order chi connectivity index (χ0) is 15.6. The van der Waals surface area contributed by atoms with E-state index in [9.17, 15) is 15.0 Å². The van der Waals surface area contributed by atoms with Crippen molar-refractivity contribution in [3.63, 3.8) is 0 Å². The highest BCUT2D eigenvalue weighted by atomic mass is 35.5. The average Bonchev–Trinajstić information content (AvgIpc) is 2.40. The van der Waals surface area contributed by atoms with Gasteiger partial charge in [-0.25, -0.2) is 4.79 Å². The van der Waals surface area contributed by atoms with E-state index in [-0.39, 0.29) is 19.2 Å². The largest absolute Gasteiger partial charge is 0.465 e. The summed E-state index contributed by atoms with van der Waals surface area (Å²) in [4.78, 5) is 12.8. The van der Waals surface area contributed by atoms with Crippen molar-refractivity contribution in [3.05, 3.63) is 34.9 Å². The highest BCUT2D eigenvalue weighted by Gasteiger charge is 2.38. The SMILES string of the molecule is CC(C)(O)[C@H]1CN(C(=O)O)[C@@H](Cc2ccc(Cl)cc2)CO1. The number of carboxylic acid groups (broad SMARTS) is 1. The zero-order valence-electron chi connectivity index (χ0n) is 12.1. The van der Waals surface area contributed by atoms with E-state index in [0.717, 1.165) is 5.56 Å². The number of hydrogen-bond acceptors (Lipinski definition) is 3. The average molecular weight is 314 g/mol. The lowest BCUT2D eigenvalue weighted by molar-refractivity contribution is -0.137. The van der Waals surface area contributed by atoms with Crippen molar-refractivity contribution in [2.75, 3.05) is 13.2 Å². The smallest absolute Gasteiger partial charge is 0.407 e. The van der Waals surface area contributed by atoms with Gasteiger partial charge in [0.25, 0.3) is 0 Å². The minimum Gasteiger partial charge on any atom is -0.465 e. The molecule has 2 N–H and O–H groups in total. The Balaban J connectivity index is 2.09. The van der Waals surface area contributed by atoms with Gasteiger partial charge in [-0.05, 0) is 38.0 Å². The first-order valence-electron chi connectivity index (χ1n) is 6.85. The summed E-state index contributed by atoms with van der Waals surface area (Å²) < 4.78 is 5.65. The molecule has 0 saturated carbocycles. The van der Waals surface area contributed by atoms with Crippen LogP contribution in [0.5, 0.6) is 0 Å². The fourth-order valence-corrected chi connectivity index (χ4v) is 2.55. The van der Waals surface area contributed by atoms with Gasteiger partial charge in [0.05, 0.1) is 24.8 Å². The van der Waals surface area contributed by atoms with Crippen LogP contribution in [0, 0.1) is 0 Å². The summed E-state index contributed by atoms with van der Waals surface area (Å²) >= 11 is 5.85. The molecule has 116 valence electrons. The Morgan fingerprint density at radius 3 is 2.57 bits per heavy atom. The second-order valence-electron chi connectivity index (χ2n) is 5.89. The molecule has 1 aromatic rings. The van der Waals surface area contributed by atoms with E-state index in [1.54, 1.807) is 26.0 Å². The Morgan fingerprint density at radius 1 is 1.43 bits per heavy atom. The molecule has 1 fully saturated rings. The van der Waals surface area contributed by atoms with Gasteiger partial charge in [-0.1, -0.05) is 23.7 Å². The van der Waals surface area contributed by atoms with Crippen LogP contribution in [0.25, 0.3) is 0 Å². The highest BCUT2D eigenvalue weighted by Crippen LogP contribution is 2.23. The molecule has 0 aromatic heterocycles. The summed E-state index contributed by atoms with van der Waals surface area (Å²) in [7, 11) is 0. The molecule has 0 spiro atoms. The van der Waals surface area contributed by atoms with E-state index in [4.69, 9.17) is 16.3 Å². The Morgan fingerprint density at radius 2 is 2.05 bits per heavy atom. The molecule has 0 radical (unpaired) electrons. The molecule has 1 aliphatic rings. The minimum absolute atomic E-state index is 0.164. The van der Waals surface area contributed by atoms with E-state index in [2.05, 4.69) is 0 Å². The number of aliphatic hydroxyl groups is 1. The van der Waals surface area contributed by atoms with E-state index in [1.807, 2.05) is 12.1 Å². The van der Waals surface area contributed by atoms with E-state index < -0.39 is 17.8 Å². The first-order valence-corrected chi connectivity index (χ1v) is 7.23. The number of rotatable bonds is 3. The lowest BCUT2D eigenvalue weighted by Gasteiger charge is -2.42. The molecule has 1 aliphatic heterocycles. The maximum atomic E-state index is 11.4. The van der Waals surface area contributed by atoms with Crippen LogP contribution in [-0.4, -0.2) is 52.1 Å². The molecule has 1 saturated heterocycles. The summed E-state index contributed by atoms with van der Waals surface area (Å²) in [6.45, 7) is 3.68. The highest BCUT2D eigenvalue weighted by molar-refractivity contribution is 6.30. The number of ether oxygens (including phenoxy) is 1. The Kier molecular flexibility index (Phi) is 4.76. The van der Waals surface area contributed by atoms with Crippen molar-refractivity contribution in [1.29, 1.82) is 0 Å². The second-order valence-corrected chi connectivity index (χ2v) is 6.33. The number of nitrogens with zero attached hydrogens (tertiary/aromatic N) is 1. The molecular formula is C15H20ClNO4. The summed E-state index contributed by atoms with van der Waals surface area (Å²) in [5.74, 6) is 0. The van der Waals surface area contributed by atoms with Gasteiger partial charge in [-0.15, -0.1) is 0 Å². The summed E-state index contributed by atoms with van der Waals surface area (Å²) in [5.41, 5.74) is -0.0696. The van der Waals surface area contributed by atoms with Crippen LogP contribution in [0.3, 0.4) is 0 Å². The van der Waals surface area contributed by atoms with Gasteiger partial charge in [0, 0.05) is 5.02 Å². The van der Waals surface area contributed by atoms with Crippen molar-refractivity contribution in [1.82, 2.24) is 4.90 Å². The van der Waals surface area contributed by atoms with E-state index in [0.29, 0.717) is 11.4 Å². The quantitative estimate of drug-likeness (QED) is 0.899. The van der Waals surface area contributed by atoms with Gasteiger partial charge >= 0.3 is 6.09 Å². The van der Waals surface area contributed by atoms with E-state index in [1.165, 1.54) is 4.90 Å². The molecule has 1 aromatic carbocycles. The Hall–Kier alpha value is -1.30. The predicted octanol–water partition coefficient (Wildman–Crippen LogP) is 2.40. The Bertz CT molecular complexity index is 497. The van der Waals surface area contributed by atoms with Gasteiger partial charge in [-0.2, -0.15) is 0 Å². The molecule has 0 bridgehead atoms. The van der Waals surface area contributed by atoms with Gasteiger partial charge < -0.3 is 19.8 Å². The first kappa shape index (κ1) is 16.1. The maximum Gasteiger partial charge on any atom is 0.407 e. The molecule has 21 heavy (non-hydrogen) atoms. The van der Waals surface area contributed by atoms with E-state index >= 15 is 0 Å². The maximum absolute atomic E-state index is 11.4. The van der Waals surface area contributed by atoms with Crippen LogP contribution in [0.2, 0.25) is 5.02 Å². The van der Waals surface area contributed by atoms with Crippen LogP contribution in [0.15, 0.2) is 24.3 Å². The van der Waals surface area contributed by atoms with Crippen molar-refractivity contribution in [2.45, 2.75) is 38.0 Å². The third kappa shape index (κ3) is 4.09. The number of hydrogen-bond donors (Lipinski definition) is 2. The summed E-state index contributed by atoms with van der Waals surface area (Å²) in [6.07, 6.45) is -0.955. The zero-order valence-corrected chi connectivity index (χ0v) is 12.9. The number of amides is 1. The van der Waals surface area contributed by atoms with Gasteiger partial charge in [0.1, 0.15) is 6.10 Å². The van der Waals surface area contributed by atoms with Crippen LogP contribution >= 0.6 is 11.6 Å². The first-order chi connectivity index (χ1) is 9.77. The predicted molar refractivity (Wildman–Crippen MR) is 79.7 cm³/mol. The van der Waals surface area contributed by atoms with Crippen molar-refractivity contribution in [2.24, 2.45) is 0 Å². The summed E-state index contributed by atoms with van der Waals surface area (Å²) in [6, 6.07) is 7.06. The monoisotopic (exact) mass is 313 g/mol. The van der Waals surface area contributed by atoms with Crippen molar-refractivity contribution < 1.29 is 19.7 Å². The lowest BCUT2D eigenvalue weighted by Crippen LogP contribution is -2.58. The van der Waals surface area contributed by atoms with Crippen LogP contribution in [-0.2, 0) is 11.2 Å². The van der Waals surface area contributed by atoms with Crippen LogP contribution < -0.4 is 0 Å². The molecule has 1 amide bonds.